The number of nitrogens with two attached hydrogens (primary N) is 1. The van der Waals surface area contributed by atoms with Crippen LogP contribution in [0.15, 0.2) is 72.3 Å². The van der Waals surface area contributed by atoms with Crippen molar-refractivity contribution in [1.82, 2.24) is 4.90 Å². The lowest BCUT2D eigenvalue weighted by atomic mass is 9.97. The molecule has 5 rings (SSSR count). The molecular weight excluding hydrogens is 519 g/mol. The fraction of sp³-hybridized carbons (Fsp3) is 0.323. The van der Waals surface area contributed by atoms with Crippen molar-refractivity contribution in [2.24, 2.45) is 5.73 Å². The molecule has 2 heterocycles. The monoisotopic (exact) mass is 551 g/mol. The first kappa shape index (κ1) is 27.7. The average molecular weight is 552 g/mol. The molecule has 210 valence electrons. The molecule has 40 heavy (non-hydrogen) atoms. The number of alkyl halides is 3. The summed E-state index contributed by atoms with van der Waals surface area (Å²) in [6, 6.07) is 20.2. The third kappa shape index (κ3) is 6.84. The number of hydrogen-bond donors (Lipinski definition) is 2. The Bertz CT molecular complexity index is 1370. The number of ether oxygens (including phenoxy) is 2. The number of carbonyl (C=O) groups excluding carboxylic acids is 1. The summed E-state index contributed by atoms with van der Waals surface area (Å²) >= 11 is 0. The van der Waals surface area contributed by atoms with Crippen LogP contribution in [0.2, 0.25) is 0 Å². The molecule has 0 spiro atoms. The van der Waals surface area contributed by atoms with E-state index in [1.54, 1.807) is 18.2 Å². The normalized spacial score (nSPS) is 17.9. The van der Waals surface area contributed by atoms with E-state index in [-0.39, 0.29) is 11.8 Å². The number of hydrogen-bond acceptors (Lipinski definition) is 5. The molecular formula is C31H32F3N3O3. The zero-order valence-corrected chi connectivity index (χ0v) is 22.2. The van der Waals surface area contributed by atoms with Crippen LogP contribution in [0.5, 0.6) is 5.75 Å². The smallest absolute Gasteiger partial charge is 0.406 e. The summed E-state index contributed by atoms with van der Waals surface area (Å²) in [7, 11) is 2.15. The molecule has 3 N–H and O–H groups in total. The molecule has 0 aliphatic carbocycles. The van der Waals surface area contributed by atoms with Crippen molar-refractivity contribution in [2.75, 3.05) is 25.6 Å². The topological polar surface area (TPSA) is 76.8 Å². The van der Waals surface area contributed by atoms with E-state index in [0.29, 0.717) is 23.6 Å². The Hall–Kier alpha value is -3.82. The highest BCUT2D eigenvalue weighted by atomic mass is 19.4. The van der Waals surface area contributed by atoms with E-state index in [2.05, 4.69) is 46.3 Å². The number of anilines is 1. The first-order valence-electron chi connectivity index (χ1n) is 13.3. The average Bonchev–Trinajstić information content (AvgIpc) is 3.13. The van der Waals surface area contributed by atoms with Gasteiger partial charge in [-0.25, -0.2) is 0 Å². The number of nitrogens with one attached hydrogen (secondary N) is 1. The van der Waals surface area contributed by atoms with Crippen molar-refractivity contribution in [3.63, 3.8) is 0 Å². The number of nitrogens with zero attached hydrogens (tertiary/aromatic N) is 1. The van der Waals surface area contributed by atoms with E-state index in [0.717, 1.165) is 55.0 Å². The van der Waals surface area contributed by atoms with Crippen molar-refractivity contribution >= 4 is 17.7 Å². The van der Waals surface area contributed by atoms with Crippen molar-refractivity contribution in [3.8, 4) is 16.9 Å². The van der Waals surface area contributed by atoms with Gasteiger partial charge in [-0.1, -0.05) is 42.5 Å². The second-order valence-corrected chi connectivity index (χ2v) is 10.3. The number of rotatable bonds is 7. The standard InChI is InChI=1S/C31H32F3N3O3/c1-37(26-12-14-39-15-13-26)19-20-2-4-22(5-3-20)29-18-25(30(35)38)17-24-16-23(8-11-28(24)36-29)21-6-9-27(10-7-21)40-31(32,33)34/h2-11,16-17,26,29,36H,12-15,18-19H2,1H3,(H2,35,38). The van der Waals surface area contributed by atoms with Crippen molar-refractivity contribution in [3.05, 3.63) is 89.0 Å². The van der Waals surface area contributed by atoms with E-state index < -0.39 is 12.3 Å². The van der Waals surface area contributed by atoms with Gasteiger partial charge in [0.15, 0.2) is 0 Å². The first-order chi connectivity index (χ1) is 19.1. The fourth-order valence-corrected chi connectivity index (χ4v) is 5.32. The molecule has 3 aromatic rings. The van der Waals surface area contributed by atoms with Gasteiger partial charge in [-0.2, -0.15) is 0 Å². The first-order valence-corrected chi connectivity index (χ1v) is 13.3. The van der Waals surface area contributed by atoms with Crippen LogP contribution >= 0.6 is 0 Å². The van der Waals surface area contributed by atoms with Gasteiger partial charge in [-0.05, 0) is 78.0 Å². The highest BCUT2D eigenvalue weighted by molar-refractivity contribution is 5.98. The van der Waals surface area contributed by atoms with Gasteiger partial charge in [0, 0.05) is 43.5 Å². The minimum atomic E-state index is -4.74. The van der Waals surface area contributed by atoms with E-state index >= 15 is 0 Å². The van der Waals surface area contributed by atoms with Crippen LogP contribution in [0.4, 0.5) is 18.9 Å². The predicted molar refractivity (Wildman–Crippen MR) is 148 cm³/mol. The highest BCUT2D eigenvalue weighted by Gasteiger charge is 2.31. The molecule has 6 nitrogen and oxygen atoms in total. The number of halogens is 3. The minimum absolute atomic E-state index is 0.160. The number of benzene rings is 3. The Balaban J connectivity index is 1.34. The van der Waals surface area contributed by atoms with E-state index in [4.69, 9.17) is 10.5 Å². The summed E-state index contributed by atoms with van der Waals surface area (Å²) in [6.45, 7) is 2.47. The summed E-state index contributed by atoms with van der Waals surface area (Å²) in [4.78, 5) is 14.7. The van der Waals surface area contributed by atoms with Crippen molar-refractivity contribution < 1.29 is 27.4 Å². The quantitative estimate of drug-likeness (QED) is 0.361. The van der Waals surface area contributed by atoms with E-state index in [1.807, 2.05) is 18.2 Å². The largest absolute Gasteiger partial charge is 0.573 e. The molecule has 1 atom stereocenters. The van der Waals surface area contributed by atoms with E-state index in [1.165, 1.54) is 17.7 Å². The van der Waals surface area contributed by atoms with Gasteiger partial charge in [-0.15, -0.1) is 13.2 Å². The molecule has 2 aliphatic rings. The maximum atomic E-state index is 12.5. The second kappa shape index (κ2) is 11.7. The molecule has 1 saturated heterocycles. The molecule has 2 aliphatic heterocycles. The minimum Gasteiger partial charge on any atom is -0.406 e. The summed E-state index contributed by atoms with van der Waals surface area (Å²) in [5.41, 5.74) is 11.6. The van der Waals surface area contributed by atoms with Crippen LogP contribution in [0.1, 0.15) is 42.0 Å². The summed E-state index contributed by atoms with van der Waals surface area (Å²) < 4.78 is 47.0. The predicted octanol–water partition coefficient (Wildman–Crippen LogP) is 6.29. The van der Waals surface area contributed by atoms with Crippen LogP contribution in [0.3, 0.4) is 0 Å². The molecule has 0 aromatic heterocycles. The van der Waals surface area contributed by atoms with E-state index in [9.17, 15) is 18.0 Å². The Morgan fingerprint density at radius 1 is 1.02 bits per heavy atom. The lowest BCUT2D eigenvalue weighted by Crippen LogP contribution is -2.36. The van der Waals surface area contributed by atoms with Gasteiger partial charge >= 0.3 is 6.36 Å². The zero-order chi connectivity index (χ0) is 28.3. The van der Waals surface area contributed by atoms with Crippen LogP contribution in [-0.4, -0.2) is 43.5 Å². The lowest BCUT2D eigenvalue weighted by molar-refractivity contribution is -0.274. The number of fused-ring (bicyclic) bond motifs is 1. The van der Waals surface area contributed by atoms with Crippen LogP contribution < -0.4 is 15.8 Å². The van der Waals surface area contributed by atoms with Gasteiger partial charge in [0.05, 0.1) is 6.04 Å². The lowest BCUT2D eigenvalue weighted by Gasteiger charge is -2.31. The third-order valence-corrected chi connectivity index (χ3v) is 7.50. The maximum Gasteiger partial charge on any atom is 0.573 e. The molecule has 3 aromatic carbocycles. The van der Waals surface area contributed by atoms with Gasteiger partial charge in [0.1, 0.15) is 5.75 Å². The van der Waals surface area contributed by atoms with Crippen molar-refractivity contribution in [2.45, 2.75) is 44.3 Å². The SMILES string of the molecule is CN(Cc1ccc(C2CC(C(N)=O)=Cc3cc(-c4ccc(OC(F)(F)F)cc4)ccc3N2)cc1)C1CCOCC1. The number of amides is 1. The Kier molecular flexibility index (Phi) is 8.14. The molecule has 1 unspecified atom stereocenters. The molecule has 0 radical (unpaired) electrons. The molecule has 0 bridgehead atoms. The second-order valence-electron chi connectivity index (χ2n) is 10.3. The summed E-state index contributed by atoms with van der Waals surface area (Å²) in [5.74, 6) is -0.777. The number of primary amides is 1. The molecule has 9 heteroatoms. The summed E-state index contributed by atoms with van der Waals surface area (Å²) in [5, 5.41) is 3.56. The Labute approximate surface area is 231 Å². The molecule has 0 saturated carbocycles. The highest BCUT2D eigenvalue weighted by Crippen LogP contribution is 2.36. The molecule has 1 fully saturated rings. The third-order valence-electron chi connectivity index (χ3n) is 7.50. The Morgan fingerprint density at radius 2 is 1.70 bits per heavy atom. The van der Waals surface area contributed by atoms with Gasteiger partial charge in [0.25, 0.3) is 0 Å². The van der Waals surface area contributed by atoms with Gasteiger partial charge in [-0.3, -0.25) is 9.69 Å². The van der Waals surface area contributed by atoms with Crippen molar-refractivity contribution in [1.29, 1.82) is 0 Å². The van der Waals surface area contributed by atoms with Crippen LogP contribution in [0.25, 0.3) is 17.2 Å². The molecule has 1 amide bonds. The van der Waals surface area contributed by atoms with Crippen LogP contribution in [0, 0.1) is 0 Å². The maximum absolute atomic E-state index is 12.5. The van der Waals surface area contributed by atoms with Gasteiger partial charge < -0.3 is 20.5 Å². The fourth-order valence-electron chi connectivity index (χ4n) is 5.32. The zero-order valence-electron chi connectivity index (χ0n) is 22.2. The van der Waals surface area contributed by atoms with Crippen LogP contribution in [-0.2, 0) is 16.1 Å². The van der Waals surface area contributed by atoms with Gasteiger partial charge in [0.2, 0.25) is 5.91 Å². The Morgan fingerprint density at radius 3 is 2.35 bits per heavy atom. The summed E-state index contributed by atoms with van der Waals surface area (Å²) in [6.07, 6.45) is -0.453. The number of carbonyl (C=O) groups is 1.